The Kier molecular flexibility index (Phi) is 6.70. The predicted octanol–water partition coefficient (Wildman–Crippen LogP) is 0.823. The van der Waals surface area contributed by atoms with Crippen molar-refractivity contribution in [2.45, 2.75) is 19.8 Å². The highest BCUT2D eigenvalue weighted by Crippen LogP contribution is 1.97. The lowest BCUT2D eigenvalue weighted by molar-refractivity contribution is -0.142. The molecule has 0 fully saturated rings. The molecule has 0 N–H and O–H groups in total. The largest absolute Gasteiger partial charge is 0.364 e. The average Bonchev–Trinajstić information content (AvgIpc) is 2.04. The maximum Gasteiger partial charge on any atom is 0.226 e. The first-order chi connectivity index (χ1) is 5.76. The maximum absolute atomic E-state index is 11.3. The number of hydrogen-bond donors (Lipinski definition) is 0. The van der Waals surface area contributed by atoms with Gasteiger partial charge in [-0.3, -0.25) is 9.69 Å². The monoisotopic (exact) mass is 175 g/mol. The summed E-state index contributed by atoms with van der Waals surface area (Å²) < 4.78 is 9.70. The molecule has 0 aromatic rings. The second-order valence-corrected chi connectivity index (χ2v) is 2.52. The zero-order valence-corrected chi connectivity index (χ0v) is 8.00. The Hall–Kier alpha value is -0.610. The summed E-state index contributed by atoms with van der Waals surface area (Å²) in [7, 11) is 3.11. The van der Waals surface area contributed by atoms with E-state index in [4.69, 9.17) is 9.47 Å². The van der Waals surface area contributed by atoms with Crippen molar-refractivity contribution in [2.75, 3.05) is 27.7 Å². The highest BCUT2D eigenvalue weighted by atomic mass is 16.5. The molecule has 0 aromatic heterocycles. The van der Waals surface area contributed by atoms with Crippen LogP contribution in [0.5, 0.6) is 0 Å². The van der Waals surface area contributed by atoms with Gasteiger partial charge < -0.3 is 9.47 Å². The lowest BCUT2D eigenvalue weighted by Gasteiger charge is -2.19. The van der Waals surface area contributed by atoms with E-state index in [-0.39, 0.29) is 5.91 Å². The number of methoxy groups -OCH3 is 2. The summed E-state index contributed by atoms with van der Waals surface area (Å²) in [6.07, 6.45) is 1.40. The molecule has 0 atom stereocenters. The average molecular weight is 175 g/mol. The molecule has 0 saturated heterocycles. The van der Waals surface area contributed by atoms with Gasteiger partial charge in [-0.15, -0.1) is 0 Å². The Morgan fingerprint density at radius 2 is 1.75 bits per heavy atom. The Balaban J connectivity index is 3.81. The number of ether oxygens (including phenoxy) is 2. The molecular formula is C8H17NO3. The number of nitrogens with zero attached hydrogens (tertiary/aromatic N) is 1. The molecule has 0 aliphatic rings. The van der Waals surface area contributed by atoms with Crippen molar-refractivity contribution in [3.63, 3.8) is 0 Å². The fourth-order valence-corrected chi connectivity index (χ4v) is 0.865. The van der Waals surface area contributed by atoms with Crippen LogP contribution in [0, 0.1) is 0 Å². The van der Waals surface area contributed by atoms with Crippen LogP contribution in [0.4, 0.5) is 0 Å². The molecule has 0 saturated carbocycles. The molecule has 4 heteroatoms. The first kappa shape index (κ1) is 11.4. The summed E-state index contributed by atoms with van der Waals surface area (Å²) in [5.74, 6) is 0.0706. The second-order valence-electron chi connectivity index (χ2n) is 2.52. The molecule has 0 aromatic carbocycles. The van der Waals surface area contributed by atoms with E-state index in [0.717, 1.165) is 6.42 Å². The molecular weight excluding hydrogens is 158 g/mol. The fourth-order valence-electron chi connectivity index (χ4n) is 0.865. The normalized spacial score (nSPS) is 9.92. The van der Waals surface area contributed by atoms with E-state index in [1.54, 1.807) is 14.2 Å². The zero-order chi connectivity index (χ0) is 9.40. The molecule has 0 bridgehead atoms. The Morgan fingerprint density at radius 1 is 1.25 bits per heavy atom. The minimum Gasteiger partial charge on any atom is -0.364 e. The maximum atomic E-state index is 11.3. The van der Waals surface area contributed by atoms with Crippen LogP contribution in [0.1, 0.15) is 19.8 Å². The van der Waals surface area contributed by atoms with Crippen molar-refractivity contribution in [2.24, 2.45) is 0 Å². The Morgan fingerprint density at radius 3 is 2.08 bits per heavy atom. The Labute approximate surface area is 73.4 Å². The predicted molar refractivity (Wildman–Crippen MR) is 45.5 cm³/mol. The van der Waals surface area contributed by atoms with Crippen molar-refractivity contribution >= 4 is 5.91 Å². The highest BCUT2D eigenvalue weighted by molar-refractivity contribution is 5.75. The van der Waals surface area contributed by atoms with Gasteiger partial charge >= 0.3 is 0 Å². The van der Waals surface area contributed by atoms with E-state index in [1.165, 1.54) is 4.90 Å². The number of hydrogen-bond acceptors (Lipinski definition) is 3. The summed E-state index contributed by atoms with van der Waals surface area (Å²) in [6.45, 7) is 2.56. The van der Waals surface area contributed by atoms with Crippen molar-refractivity contribution < 1.29 is 14.3 Å². The van der Waals surface area contributed by atoms with Gasteiger partial charge in [-0.1, -0.05) is 6.92 Å². The fraction of sp³-hybridized carbons (Fsp3) is 0.875. The van der Waals surface area contributed by atoms with Crippen molar-refractivity contribution in [1.29, 1.82) is 0 Å². The topological polar surface area (TPSA) is 38.8 Å². The molecule has 0 unspecified atom stereocenters. The zero-order valence-electron chi connectivity index (χ0n) is 8.00. The summed E-state index contributed by atoms with van der Waals surface area (Å²) in [6, 6.07) is 0. The quantitative estimate of drug-likeness (QED) is 0.561. The summed E-state index contributed by atoms with van der Waals surface area (Å²) in [4.78, 5) is 12.8. The molecule has 0 aliphatic carbocycles. The van der Waals surface area contributed by atoms with Crippen molar-refractivity contribution in [1.82, 2.24) is 4.90 Å². The van der Waals surface area contributed by atoms with Crippen molar-refractivity contribution in [3.8, 4) is 0 Å². The van der Waals surface area contributed by atoms with Gasteiger partial charge in [-0.25, -0.2) is 0 Å². The molecule has 12 heavy (non-hydrogen) atoms. The molecule has 0 radical (unpaired) electrons. The van der Waals surface area contributed by atoms with Crippen LogP contribution < -0.4 is 0 Å². The Bertz CT molecular complexity index is 121. The third-order valence-electron chi connectivity index (χ3n) is 1.39. The van der Waals surface area contributed by atoms with E-state index in [0.29, 0.717) is 19.9 Å². The first-order valence-corrected chi connectivity index (χ1v) is 4.01. The summed E-state index contributed by atoms with van der Waals surface area (Å²) in [5.41, 5.74) is 0. The van der Waals surface area contributed by atoms with Gasteiger partial charge in [-0.05, 0) is 6.42 Å². The molecule has 0 heterocycles. The van der Waals surface area contributed by atoms with Crippen LogP contribution >= 0.6 is 0 Å². The van der Waals surface area contributed by atoms with Gasteiger partial charge in [0.2, 0.25) is 5.91 Å². The SMILES string of the molecule is CCCC(=O)N(COC)COC. The summed E-state index contributed by atoms with van der Waals surface area (Å²) in [5, 5.41) is 0. The van der Waals surface area contributed by atoms with Crippen LogP contribution in [-0.2, 0) is 14.3 Å². The third-order valence-corrected chi connectivity index (χ3v) is 1.39. The molecule has 4 nitrogen and oxygen atoms in total. The number of carbonyl (C=O) groups is 1. The minimum atomic E-state index is 0.0706. The molecule has 0 aliphatic heterocycles. The summed E-state index contributed by atoms with van der Waals surface area (Å²) >= 11 is 0. The van der Waals surface area contributed by atoms with Gasteiger partial charge in [0.25, 0.3) is 0 Å². The van der Waals surface area contributed by atoms with Crippen LogP contribution in [-0.4, -0.2) is 38.5 Å². The van der Waals surface area contributed by atoms with Gasteiger partial charge in [0.15, 0.2) is 0 Å². The van der Waals surface area contributed by atoms with E-state index in [9.17, 15) is 4.79 Å². The van der Waals surface area contributed by atoms with Crippen LogP contribution in [0.15, 0.2) is 0 Å². The van der Waals surface area contributed by atoms with Gasteiger partial charge in [0.1, 0.15) is 13.5 Å². The lowest BCUT2D eigenvalue weighted by Crippen LogP contribution is -2.34. The van der Waals surface area contributed by atoms with Crippen molar-refractivity contribution in [3.05, 3.63) is 0 Å². The van der Waals surface area contributed by atoms with E-state index in [2.05, 4.69) is 0 Å². The molecule has 0 rings (SSSR count). The number of carbonyl (C=O) groups excluding carboxylic acids is 1. The second kappa shape index (κ2) is 7.06. The van der Waals surface area contributed by atoms with E-state index >= 15 is 0 Å². The smallest absolute Gasteiger partial charge is 0.226 e. The molecule has 0 spiro atoms. The van der Waals surface area contributed by atoms with E-state index in [1.807, 2.05) is 6.92 Å². The minimum absolute atomic E-state index is 0.0706. The highest BCUT2D eigenvalue weighted by Gasteiger charge is 2.10. The number of amides is 1. The molecule has 72 valence electrons. The first-order valence-electron chi connectivity index (χ1n) is 4.01. The molecule has 1 amide bonds. The standard InChI is InChI=1S/C8H17NO3/c1-4-5-8(10)9(6-11-2)7-12-3/h4-7H2,1-3H3. The van der Waals surface area contributed by atoms with Gasteiger partial charge in [0, 0.05) is 20.6 Å². The van der Waals surface area contributed by atoms with E-state index < -0.39 is 0 Å². The van der Waals surface area contributed by atoms with Crippen LogP contribution in [0.2, 0.25) is 0 Å². The van der Waals surface area contributed by atoms with Gasteiger partial charge in [-0.2, -0.15) is 0 Å². The number of rotatable bonds is 6. The van der Waals surface area contributed by atoms with Crippen LogP contribution in [0.3, 0.4) is 0 Å². The third kappa shape index (κ3) is 4.31. The van der Waals surface area contributed by atoms with Gasteiger partial charge in [0.05, 0.1) is 0 Å². The lowest BCUT2D eigenvalue weighted by atomic mass is 10.3. The van der Waals surface area contributed by atoms with Crippen LogP contribution in [0.25, 0.3) is 0 Å².